The molecule has 0 N–H and O–H groups in total. The molecular formula is C29H32ClFSi2. The molecule has 0 fully saturated rings. The molecule has 170 valence electrons. The third-order valence-electron chi connectivity index (χ3n) is 6.55. The summed E-state index contributed by atoms with van der Waals surface area (Å²) >= 11 is 6.70. The first-order valence-corrected chi connectivity index (χ1v) is 17.1. The largest absolute Gasteiger partial charge is 0.207 e. The molecule has 0 aliphatic heterocycles. The molecule has 33 heavy (non-hydrogen) atoms. The van der Waals surface area contributed by atoms with Gasteiger partial charge in [-0.25, -0.2) is 4.39 Å². The Balaban J connectivity index is 2.18. The molecule has 3 aromatic carbocycles. The van der Waals surface area contributed by atoms with Gasteiger partial charge in [0.25, 0.3) is 0 Å². The summed E-state index contributed by atoms with van der Waals surface area (Å²) in [5.41, 5.74) is 4.09. The van der Waals surface area contributed by atoms with Crippen molar-refractivity contribution in [1.82, 2.24) is 0 Å². The number of hydrogen-bond donors (Lipinski definition) is 0. The van der Waals surface area contributed by atoms with Crippen molar-refractivity contribution in [3.63, 3.8) is 0 Å². The van der Waals surface area contributed by atoms with Crippen LogP contribution in [0.15, 0.2) is 117 Å². The van der Waals surface area contributed by atoms with E-state index in [2.05, 4.69) is 68.3 Å². The number of allylic oxidation sites excluding steroid dienone is 3. The molecule has 0 aliphatic rings. The van der Waals surface area contributed by atoms with Gasteiger partial charge in [-0.15, -0.1) is 31.3 Å². The highest BCUT2D eigenvalue weighted by molar-refractivity contribution is 7.11. The van der Waals surface area contributed by atoms with Gasteiger partial charge in [0.2, 0.25) is 0 Å². The lowest BCUT2D eigenvalue weighted by atomic mass is 10.1. The van der Waals surface area contributed by atoms with E-state index in [1.807, 2.05) is 36.4 Å². The molecule has 3 rings (SSSR count). The molecule has 0 bridgehead atoms. The average molecular weight is 491 g/mol. The van der Waals surface area contributed by atoms with Crippen LogP contribution in [0, 0.1) is 5.82 Å². The summed E-state index contributed by atoms with van der Waals surface area (Å²) in [6.45, 7) is 12.2. The van der Waals surface area contributed by atoms with Crippen LogP contribution in [0.4, 0.5) is 4.39 Å². The van der Waals surface area contributed by atoms with Gasteiger partial charge in [0.05, 0.1) is 8.07 Å². The first-order chi connectivity index (χ1) is 16.0. The maximum Gasteiger partial charge on any atom is 0.123 e. The highest BCUT2D eigenvalue weighted by atomic mass is 35.5. The Labute approximate surface area is 205 Å². The minimum absolute atomic E-state index is 0.210. The Hall–Kier alpha value is -2.47. The van der Waals surface area contributed by atoms with Crippen molar-refractivity contribution in [2.24, 2.45) is 0 Å². The molecule has 3 aromatic rings. The highest BCUT2D eigenvalue weighted by Crippen LogP contribution is 2.32. The maximum atomic E-state index is 13.9. The SMILES string of the molecule is C=CC[Si](CCl)(CC=C)C[Si](CC=C)(c1ccc(F)cc1)c1ccc(-c2ccccc2)cc1. The average Bonchev–Trinajstić information content (AvgIpc) is 2.85. The third kappa shape index (κ3) is 5.73. The molecule has 0 radical (unpaired) electrons. The highest BCUT2D eigenvalue weighted by Gasteiger charge is 2.44. The summed E-state index contributed by atoms with van der Waals surface area (Å²) in [6.07, 6.45) is 6.08. The fraction of sp³-hybridized carbons (Fsp3) is 0.172. The molecule has 0 aliphatic carbocycles. The number of hydrogen-bond acceptors (Lipinski definition) is 0. The summed E-state index contributed by atoms with van der Waals surface area (Å²) in [5, 5.41) is 2.56. The minimum atomic E-state index is -2.33. The Morgan fingerprint density at radius 1 is 0.667 bits per heavy atom. The number of rotatable bonds is 12. The van der Waals surface area contributed by atoms with Crippen LogP contribution < -0.4 is 10.4 Å². The Morgan fingerprint density at radius 2 is 1.15 bits per heavy atom. The summed E-state index contributed by atoms with van der Waals surface area (Å²) in [7, 11) is -4.28. The smallest absolute Gasteiger partial charge is 0.123 e. The van der Waals surface area contributed by atoms with Crippen LogP contribution in [0.25, 0.3) is 11.1 Å². The van der Waals surface area contributed by atoms with Crippen LogP contribution in [0.2, 0.25) is 23.8 Å². The molecule has 0 heterocycles. The van der Waals surface area contributed by atoms with Crippen LogP contribution in [0.1, 0.15) is 0 Å². The Morgan fingerprint density at radius 3 is 1.64 bits per heavy atom. The second-order valence-electron chi connectivity index (χ2n) is 8.82. The summed E-state index contributed by atoms with van der Waals surface area (Å²) in [5.74, 6) is -0.210. The van der Waals surface area contributed by atoms with E-state index >= 15 is 0 Å². The molecule has 1 unspecified atom stereocenters. The van der Waals surface area contributed by atoms with Crippen molar-refractivity contribution in [3.8, 4) is 11.1 Å². The van der Waals surface area contributed by atoms with Crippen molar-refractivity contribution in [2.45, 2.75) is 23.8 Å². The number of alkyl halides is 1. The molecule has 0 spiro atoms. The molecule has 0 amide bonds. The van der Waals surface area contributed by atoms with Crippen molar-refractivity contribution in [2.75, 3.05) is 5.50 Å². The van der Waals surface area contributed by atoms with Gasteiger partial charge in [0, 0.05) is 5.50 Å². The first kappa shape index (κ1) is 25.2. The van der Waals surface area contributed by atoms with E-state index < -0.39 is 16.1 Å². The lowest BCUT2D eigenvalue weighted by molar-refractivity contribution is 0.628. The zero-order valence-corrected chi connectivity index (χ0v) is 21.9. The maximum absolute atomic E-state index is 13.9. The monoisotopic (exact) mass is 490 g/mol. The van der Waals surface area contributed by atoms with E-state index in [0.29, 0.717) is 5.50 Å². The molecule has 0 aromatic heterocycles. The second kappa shape index (κ2) is 11.6. The first-order valence-electron chi connectivity index (χ1n) is 11.3. The van der Waals surface area contributed by atoms with E-state index in [1.165, 1.54) is 21.5 Å². The lowest BCUT2D eigenvalue weighted by Crippen LogP contribution is -2.63. The van der Waals surface area contributed by atoms with Gasteiger partial charge in [-0.05, 0) is 41.4 Å². The van der Waals surface area contributed by atoms with Crippen molar-refractivity contribution in [1.29, 1.82) is 0 Å². The minimum Gasteiger partial charge on any atom is -0.207 e. The Kier molecular flexibility index (Phi) is 8.84. The van der Waals surface area contributed by atoms with Gasteiger partial charge in [-0.2, -0.15) is 0 Å². The predicted molar refractivity (Wildman–Crippen MR) is 150 cm³/mol. The standard InChI is InChI=1S/C29H32ClFSi2/c1-4-20-32(23-30,21-5-2)24-33(22-6-3,29-18-14-27(31)15-19-29)28-16-12-26(13-17-28)25-10-8-7-9-11-25/h4-19H,1-3,20-24H2. The summed E-state index contributed by atoms with van der Waals surface area (Å²) < 4.78 is 13.9. The molecule has 4 heteroatoms. The molecule has 0 saturated carbocycles. The fourth-order valence-corrected chi connectivity index (χ4v) is 19.8. The van der Waals surface area contributed by atoms with Crippen molar-refractivity contribution < 1.29 is 4.39 Å². The van der Waals surface area contributed by atoms with Gasteiger partial charge in [0.1, 0.15) is 13.9 Å². The predicted octanol–water partition coefficient (Wildman–Crippen LogP) is 7.38. The number of halogens is 2. The topological polar surface area (TPSA) is 0 Å². The van der Waals surface area contributed by atoms with E-state index in [4.69, 9.17) is 11.6 Å². The van der Waals surface area contributed by atoms with Crippen LogP contribution in [0.3, 0.4) is 0 Å². The zero-order chi connectivity index (χ0) is 23.7. The lowest BCUT2D eigenvalue weighted by Gasteiger charge is -2.40. The van der Waals surface area contributed by atoms with Crippen LogP contribution in [-0.4, -0.2) is 21.7 Å². The molecule has 0 nitrogen and oxygen atoms in total. The molecular weight excluding hydrogens is 459 g/mol. The van der Waals surface area contributed by atoms with Gasteiger partial charge in [0.15, 0.2) is 0 Å². The van der Waals surface area contributed by atoms with Gasteiger partial charge in [-0.1, -0.05) is 101 Å². The second-order valence-corrected chi connectivity index (χ2v) is 18.8. The Bertz CT molecular complexity index is 1050. The van der Waals surface area contributed by atoms with Crippen molar-refractivity contribution in [3.05, 3.63) is 123 Å². The van der Waals surface area contributed by atoms with Gasteiger partial charge >= 0.3 is 0 Å². The normalized spacial score (nSPS) is 13.2. The van der Waals surface area contributed by atoms with Crippen LogP contribution in [-0.2, 0) is 0 Å². The van der Waals surface area contributed by atoms with Crippen molar-refractivity contribution >= 4 is 38.1 Å². The van der Waals surface area contributed by atoms with E-state index in [9.17, 15) is 4.39 Å². The van der Waals surface area contributed by atoms with Crippen LogP contribution >= 0.6 is 11.6 Å². The quantitative estimate of drug-likeness (QED) is 0.141. The van der Waals surface area contributed by atoms with Gasteiger partial charge < -0.3 is 0 Å². The molecule has 1 atom stereocenters. The summed E-state index contributed by atoms with van der Waals surface area (Å²) in [4.78, 5) is 0. The van der Waals surface area contributed by atoms with Gasteiger partial charge in [-0.3, -0.25) is 0 Å². The molecule has 0 saturated heterocycles. The summed E-state index contributed by atoms with van der Waals surface area (Å²) in [6, 6.07) is 29.3. The zero-order valence-electron chi connectivity index (χ0n) is 19.2. The van der Waals surface area contributed by atoms with Crippen LogP contribution in [0.5, 0.6) is 0 Å². The van der Waals surface area contributed by atoms with E-state index in [0.717, 1.165) is 23.8 Å². The van der Waals surface area contributed by atoms with E-state index in [1.54, 1.807) is 12.1 Å². The third-order valence-corrected chi connectivity index (χ3v) is 20.4. The van der Waals surface area contributed by atoms with E-state index in [-0.39, 0.29) is 5.82 Å². The number of benzene rings is 3. The fourth-order valence-electron chi connectivity index (χ4n) is 4.94.